The average molecular weight is 330 g/mol. The number of carboxylic acid groups (broad SMARTS) is 1. The van der Waals surface area contributed by atoms with Crippen LogP contribution in [0.2, 0.25) is 0 Å². The fourth-order valence-electron chi connectivity index (χ4n) is 2.77. The second kappa shape index (κ2) is 17.8. The van der Waals surface area contributed by atoms with E-state index in [1.807, 2.05) is 0 Å². The van der Waals surface area contributed by atoms with E-state index in [1.54, 1.807) is 6.92 Å². The maximum atomic E-state index is 9.49. The van der Waals surface area contributed by atoms with Crippen molar-refractivity contribution in [1.82, 2.24) is 0 Å². The number of hydrogen-bond acceptors (Lipinski definition) is 2. The van der Waals surface area contributed by atoms with Crippen molar-refractivity contribution in [1.29, 1.82) is 0 Å². The van der Waals surface area contributed by atoms with Crippen molar-refractivity contribution < 1.29 is 14.4 Å². The molecule has 0 atom stereocenters. The van der Waals surface area contributed by atoms with Crippen molar-refractivity contribution in [2.75, 3.05) is 26.7 Å². The summed E-state index contributed by atoms with van der Waals surface area (Å²) in [5, 5.41) is 9.49. The number of nitrogens with zero attached hydrogens (tertiary/aromatic N) is 1. The van der Waals surface area contributed by atoms with E-state index in [2.05, 4.69) is 27.8 Å². The summed E-state index contributed by atoms with van der Waals surface area (Å²) in [5.41, 5.74) is 0. The fraction of sp³-hybridized carbons (Fsp3) is 0.950. The minimum absolute atomic E-state index is 0.181. The van der Waals surface area contributed by atoms with E-state index in [0.717, 1.165) is 0 Å². The zero-order valence-corrected chi connectivity index (χ0v) is 16.7. The van der Waals surface area contributed by atoms with Crippen LogP contribution in [0.1, 0.15) is 98.3 Å². The fourth-order valence-corrected chi connectivity index (χ4v) is 2.77. The number of hydrogen-bond donors (Lipinski definition) is 0. The van der Waals surface area contributed by atoms with Crippen LogP contribution in [0.25, 0.3) is 0 Å². The molecule has 0 spiro atoms. The van der Waals surface area contributed by atoms with Gasteiger partial charge in [-0.3, -0.25) is 0 Å². The van der Waals surface area contributed by atoms with Gasteiger partial charge in [-0.25, -0.2) is 0 Å². The minimum Gasteiger partial charge on any atom is -0.550 e. The highest BCUT2D eigenvalue weighted by molar-refractivity contribution is 5.63. The molecule has 0 saturated carbocycles. The van der Waals surface area contributed by atoms with Gasteiger partial charge in [0.2, 0.25) is 0 Å². The van der Waals surface area contributed by atoms with Crippen molar-refractivity contribution in [3.8, 4) is 0 Å². The topological polar surface area (TPSA) is 40.1 Å². The Morgan fingerprint density at radius 1 is 0.696 bits per heavy atom. The summed E-state index contributed by atoms with van der Waals surface area (Å²) in [7, 11) is 2.49. The van der Waals surface area contributed by atoms with E-state index < -0.39 is 5.97 Å². The Kier molecular flexibility index (Phi) is 19.1. The van der Waals surface area contributed by atoms with Crippen LogP contribution >= 0.6 is 0 Å². The van der Waals surface area contributed by atoms with Gasteiger partial charge < -0.3 is 14.4 Å². The summed E-state index contributed by atoms with van der Waals surface area (Å²) in [6.45, 7) is 12.9. The third kappa shape index (κ3) is 19.4. The maximum Gasteiger partial charge on any atom is 0.0784 e. The van der Waals surface area contributed by atoms with Gasteiger partial charge in [0.05, 0.1) is 26.7 Å². The third-order valence-electron chi connectivity index (χ3n) is 4.36. The lowest BCUT2D eigenvalue weighted by Crippen LogP contribution is -2.46. The summed E-state index contributed by atoms with van der Waals surface area (Å²) in [4.78, 5) is 9.49. The molecule has 0 aromatic rings. The lowest BCUT2D eigenvalue weighted by Gasteiger charge is -2.35. The number of rotatable bonds is 14. The number of unbranched alkanes of at least 4 members (excludes halogenated alkanes) is 6. The Morgan fingerprint density at radius 3 is 1.22 bits per heavy atom. The Balaban J connectivity index is 0. The number of carbonyl (C=O) groups is 1. The van der Waals surface area contributed by atoms with Crippen molar-refractivity contribution >= 4 is 5.97 Å². The summed E-state index contributed by atoms with van der Waals surface area (Å²) < 4.78 is 1.33. The zero-order valence-electron chi connectivity index (χ0n) is 16.7. The van der Waals surface area contributed by atoms with E-state index in [-0.39, 0.29) is 6.42 Å². The number of carbonyl (C=O) groups excluding carboxylic acids is 1. The molecular weight excluding hydrogens is 286 g/mol. The van der Waals surface area contributed by atoms with Crippen molar-refractivity contribution in [3.63, 3.8) is 0 Å². The molecule has 0 aliphatic heterocycles. The highest BCUT2D eigenvalue weighted by Gasteiger charge is 2.19. The Bertz CT molecular complexity index is 227. The first kappa shape index (κ1) is 24.7. The Labute approximate surface area is 146 Å². The molecule has 0 radical (unpaired) electrons. The van der Waals surface area contributed by atoms with E-state index in [4.69, 9.17) is 0 Å². The maximum absolute atomic E-state index is 9.49. The molecule has 140 valence electrons. The first-order valence-corrected chi connectivity index (χ1v) is 9.99. The summed E-state index contributed by atoms with van der Waals surface area (Å²) in [5.74, 6) is -0.961. The first-order chi connectivity index (χ1) is 11.0. The molecule has 0 aromatic carbocycles. The smallest absolute Gasteiger partial charge is 0.0784 e. The van der Waals surface area contributed by atoms with Gasteiger partial charge in [0, 0.05) is 5.97 Å². The van der Waals surface area contributed by atoms with Gasteiger partial charge in [0.1, 0.15) is 0 Å². The van der Waals surface area contributed by atoms with Crippen LogP contribution in [0.15, 0.2) is 0 Å². The Hall–Kier alpha value is -0.570. The molecule has 3 nitrogen and oxygen atoms in total. The van der Waals surface area contributed by atoms with E-state index in [9.17, 15) is 9.90 Å². The standard InChI is InChI=1S/C16H36N.C4H8O2/c1-5-8-11-14-17(4,15-12-9-6-2)16-13-10-7-3;1-2-3-4(5)6/h5-16H2,1-4H3;2-3H2,1H3,(H,5,6)/q+1;/p-1. The molecule has 23 heavy (non-hydrogen) atoms. The summed E-state index contributed by atoms with van der Waals surface area (Å²) in [6.07, 6.45) is 13.4. The van der Waals surface area contributed by atoms with Crippen LogP contribution in [0.4, 0.5) is 0 Å². The van der Waals surface area contributed by atoms with Crippen molar-refractivity contribution in [2.45, 2.75) is 98.3 Å². The second-order valence-corrected chi connectivity index (χ2v) is 7.03. The van der Waals surface area contributed by atoms with Crippen molar-refractivity contribution in [2.24, 2.45) is 0 Å². The van der Waals surface area contributed by atoms with E-state index >= 15 is 0 Å². The molecule has 0 aliphatic carbocycles. The Morgan fingerprint density at radius 2 is 1.04 bits per heavy atom. The number of quaternary nitrogens is 1. The molecule has 3 heteroatoms. The largest absolute Gasteiger partial charge is 0.550 e. The van der Waals surface area contributed by atoms with Crippen LogP contribution in [0.3, 0.4) is 0 Å². The average Bonchev–Trinajstić information content (AvgIpc) is 2.49. The molecule has 0 aromatic heterocycles. The molecule has 0 heterocycles. The van der Waals surface area contributed by atoms with Gasteiger partial charge >= 0.3 is 0 Å². The monoisotopic (exact) mass is 329 g/mol. The lowest BCUT2D eigenvalue weighted by molar-refractivity contribution is -0.910. The van der Waals surface area contributed by atoms with Gasteiger partial charge in [-0.1, -0.05) is 53.4 Å². The van der Waals surface area contributed by atoms with Crippen LogP contribution in [0, 0.1) is 0 Å². The number of aliphatic carboxylic acids is 1. The van der Waals surface area contributed by atoms with Gasteiger partial charge in [-0.05, 0) is 44.9 Å². The zero-order chi connectivity index (χ0) is 18.0. The van der Waals surface area contributed by atoms with Crippen LogP contribution in [-0.4, -0.2) is 37.1 Å². The molecule has 0 bridgehead atoms. The van der Waals surface area contributed by atoms with E-state index in [1.165, 1.54) is 81.9 Å². The van der Waals surface area contributed by atoms with Crippen LogP contribution in [-0.2, 0) is 4.79 Å². The third-order valence-corrected chi connectivity index (χ3v) is 4.36. The highest BCUT2D eigenvalue weighted by atomic mass is 16.4. The predicted molar refractivity (Wildman–Crippen MR) is 99.3 cm³/mol. The molecule has 0 N–H and O–H groups in total. The number of carboxylic acids is 1. The molecule has 0 amide bonds. The normalized spacial score (nSPS) is 11.0. The molecule has 0 aliphatic rings. The van der Waals surface area contributed by atoms with Gasteiger partial charge in [-0.2, -0.15) is 0 Å². The molecule has 0 unspecified atom stereocenters. The summed E-state index contributed by atoms with van der Waals surface area (Å²) in [6, 6.07) is 0. The van der Waals surface area contributed by atoms with Crippen molar-refractivity contribution in [3.05, 3.63) is 0 Å². The van der Waals surface area contributed by atoms with Crippen LogP contribution < -0.4 is 5.11 Å². The molecule has 0 rings (SSSR count). The quantitative estimate of drug-likeness (QED) is 0.347. The summed E-state index contributed by atoms with van der Waals surface area (Å²) >= 11 is 0. The van der Waals surface area contributed by atoms with Gasteiger partial charge in [-0.15, -0.1) is 0 Å². The lowest BCUT2D eigenvalue weighted by atomic mass is 10.1. The van der Waals surface area contributed by atoms with Crippen LogP contribution in [0.5, 0.6) is 0 Å². The predicted octanol–water partition coefficient (Wildman–Crippen LogP) is 4.54. The highest BCUT2D eigenvalue weighted by Crippen LogP contribution is 2.13. The first-order valence-electron chi connectivity index (χ1n) is 9.99. The SMILES string of the molecule is CCCC(=O)[O-].CCCCC[N+](C)(CCCCC)CCCCC. The second-order valence-electron chi connectivity index (χ2n) is 7.03. The van der Waals surface area contributed by atoms with Gasteiger partial charge in [0.15, 0.2) is 0 Å². The molecule has 0 fully saturated rings. The van der Waals surface area contributed by atoms with E-state index in [0.29, 0.717) is 6.42 Å². The minimum atomic E-state index is -0.961. The molecular formula is C20H43NO2. The van der Waals surface area contributed by atoms with Gasteiger partial charge in [0.25, 0.3) is 0 Å². The molecule has 0 saturated heterocycles.